The highest BCUT2D eigenvalue weighted by molar-refractivity contribution is 7.26. The standard InChI is InChI=1S/C21H12N4S/c1-2-6-16-13(4-1)19-17(26-16)8-7-14-20-15(5-3-9-24-20)25(21(14)19)18-12-22-10-11-23-18/h1-12H. The lowest BCUT2D eigenvalue weighted by molar-refractivity contribution is 1.04. The van der Waals surface area contributed by atoms with Crippen molar-refractivity contribution in [1.82, 2.24) is 19.5 Å². The largest absolute Gasteiger partial charge is 0.290 e. The van der Waals surface area contributed by atoms with E-state index in [1.165, 1.54) is 20.2 Å². The molecule has 0 spiro atoms. The van der Waals surface area contributed by atoms with E-state index in [2.05, 4.69) is 62.0 Å². The number of aromatic nitrogens is 4. The molecular formula is C21H12N4S. The van der Waals surface area contributed by atoms with Crippen LogP contribution in [-0.2, 0) is 0 Å². The van der Waals surface area contributed by atoms with Gasteiger partial charge >= 0.3 is 0 Å². The van der Waals surface area contributed by atoms with Crippen LogP contribution < -0.4 is 0 Å². The Balaban J connectivity index is 1.96. The summed E-state index contributed by atoms with van der Waals surface area (Å²) < 4.78 is 4.75. The Morgan fingerprint density at radius 3 is 2.65 bits per heavy atom. The minimum absolute atomic E-state index is 0.809. The van der Waals surface area contributed by atoms with E-state index in [-0.39, 0.29) is 0 Å². The molecule has 4 nitrogen and oxygen atoms in total. The topological polar surface area (TPSA) is 43.6 Å². The van der Waals surface area contributed by atoms with Gasteiger partial charge in [0, 0.05) is 44.1 Å². The SMILES string of the molecule is c1ccc2c(c1)sc1ccc3c4ncccc4n(-c4cnccn4)c3c12. The molecule has 4 heterocycles. The highest BCUT2D eigenvalue weighted by Crippen LogP contribution is 2.41. The van der Waals surface area contributed by atoms with Gasteiger partial charge in [-0.15, -0.1) is 11.3 Å². The molecule has 6 rings (SSSR count). The van der Waals surface area contributed by atoms with Gasteiger partial charge in [0.15, 0.2) is 5.82 Å². The van der Waals surface area contributed by atoms with Gasteiger partial charge in [-0.05, 0) is 30.3 Å². The van der Waals surface area contributed by atoms with Gasteiger partial charge in [-0.1, -0.05) is 18.2 Å². The van der Waals surface area contributed by atoms with E-state index in [0.717, 1.165) is 27.8 Å². The van der Waals surface area contributed by atoms with Crippen molar-refractivity contribution < 1.29 is 0 Å². The van der Waals surface area contributed by atoms with Crippen molar-refractivity contribution in [3.8, 4) is 5.82 Å². The second-order valence-electron chi connectivity index (χ2n) is 6.20. The summed E-state index contributed by atoms with van der Waals surface area (Å²) in [6, 6.07) is 17.0. The lowest BCUT2D eigenvalue weighted by atomic mass is 10.1. The average molecular weight is 352 g/mol. The van der Waals surface area contributed by atoms with Crippen LogP contribution >= 0.6 is 11.3 Å². The first kappa shape index (κ1) is 13.9. The fourth-order valence-electron chi connectivity index (χ4n) is 3.77. The Hall–Kier alpha value is -3.31. The van der Waals surface area contributed by atoms with E-state index in [9.17, 15) is 0 Å². The summed E-state index contributed by atoms with van der Waals surface area (Å²) in [5.41, 5.74) is 3.19. The minimum atomic E-state index is 0.809. The summed E-state index contributed by atoms with van der Waals surface area (Å²) in [5, 5.41) is 3.67. The molecule has 0 saturated heterocycles. The van der Waals surface area contributed by atoms with E-state index in [1.807, 2.05) is 23.6 Å². The van der Waals surface area contributed by atoms with Gasteiger partial charge in [0.25, 0.3) is 0 Å². The highest BCUT2D eigenvalue weighted by Gasteiger charge is 2.18. The van der Waals surface area contributed by atoms with Gasteiger partial charge in [-0.3, -0.25) is 14.5 Å². The van der Waals surface area contributed by atoms with E-state index in [0.29, 0.717) is 0 Å². The number of hydrogen-bond donors (Lipinski definition) is 0. The van der Waals surface area contributed by atoms with Crippen LogP contribution in [-0.4, -0.2) is 19.5 Å². The molecule has 0 unspecified atom stereocenters. The predicted molar refractivity (Wildman–Crippen MR) is 107 cm³/mol. The van der Waals surface area contributed by atoms with Gasteiger partial charge < -0.3 is 0 Å². The molecule has 122 valence electrons. The van der Waals surface area contributed by atoms with Crippen LogP contribution in [0.25, 0.3) is 47.9 Å². The number of pyridine rings is 1. The van der Waals surface area contributed by atoms with Crippen molar-refractivity contribution in [2.75, 3.05) is 0 Å². The van der Waals surface area contributed by atoms with Gasteiger partial charge in [0.2, 0.25) is 0 Å². The third-order valence-corrected chi connectivity index (χ3v) is 5.94. The molecule has 0 radical (unpaired) electrons. The summed E-state index contributed by atoms with van der Waals surface area (Å²) in [6.45, 7) is 0. The molecule has 26 heavy (non-hydrogen) atoms. The first-order valence-corrected chi connectivity index (χ1v) is 9.19. The Bertz CT molecular complexity index is 1430. The maximum atomic E-state index is 4.66. The smallest absolute Gasteiger partial charge is 0.156 e. The van der Waals surface area contributed by atoms with Crippen molar-refractivity contribution >= 4 is 53.4 Å². The quantitative estimate of drug-likeness (QED) is 0.401. The second kappa shape index (κ2) is 5.09. The fraction of sp³-hybridized carbons (Fsp3) is 0. The molecular weight excluding hydrogens is 340 g/mol. The molecule has 0 fully saturated rings. The van der Waals surface area contributed by atoms with Gasteiger partial charge in [0.05, 0.1) is 22.7 Å². The van der Waals surface area contributed by atoms with Crippen molar-refractivity contribution in [3.05, 3.63) is 73.3 Å². The predicted octanol–water partition coefficient (Wildman–Crippen LogP) is 5.34. The Kier molecular flexibility index (Phi) is 2.73. The van der Waals surface area contributed by atoms with Crippen LogP contribution in [0.4, 0.5) is 0 Å². The first-order chi connectivity index (χ1) is 12.9. The van der Waals surface area contributed by atoms with Crippen molar-refractivity contribution in [1.29, 1.82) is 0 Å². The summed E-state index contributed by atoms with van der Waals surface area (Å²) in [7, 11) is 0. The molecule has 0 aliphatic heterocycles. The zero-order valence-corrected chi connectivity index (χ0v) is 14.4. The maximum absolute atomic E-state index is 4.66. The number of rotatable bonds is 1. The average Bonchev–Trinajstić information content (AvgIpc) is 3.24. The van der Waals surface area contributed by atoms with Crippen LogP contribution in [0.2, 0.25) is 0 Å². The Morgan fingerprint density at radius 1 is 0.769 bits per heavy atom. The number of thiophene rings is 1. The molecule has 5 heteroatoms. The van der Waals surface area contributed by atoms with Crippen molar-refractivity contribution in [2.45, 2.75) is 0 Å². The Labute approximate surface area is 152 Å². The molecule has 6 aromatic rings. The van der Waals surface area contributed by atoms with Gasteiger partial charge in [0.1, 0.15) is 0 Å². The van der Waals surface area contributed by atoms with Gasteiger partial charge in [-0.2, -0.15) is 0 Å². The normalized spacial score (nSPS) is 11.8. The summed E-state index contributed by atoms with van der Waals surface area (Å²) in [4.78, 5) is 13.5. The van der Waals surface area contributed by atoms with Gasteiger partial charge in [-0.25, -0.2) is 4.98 Å². The van der Waals surface area contributed by atoms with Crippen molar-refractivity contribution in [2.24, 2.45) is 0 Å². The van der Waals surface area contributed by atoms with Crippen LogP contribution in [0.5, 0.6) is 0 Å². The fourth-order valence-corrected chi connectivity index (χ4v) is 4.88. The lowest BCUT2D eigenvalue weighted by Gasteiger charge is -2.06. The third-order valence-electron chi connectivity index (χ3n) is 4.80. The number of benzene rings is 2. The van der Waals surface area contributed by atoms with Crippen molar-refractivity contribution in [3.63, 3.8) is 0 Å². The zero-order chi connectivity index (χ0) is 17.1. The molecule has 0 atom stereocenters. The summed E-state index contributed by atoms with van der Waals surface area (Å²) in [6.07, 6.45) is 7.08. The molecule has 0 saturated carbocycles. The first-order valence-electron chi connectivity index (χ1n) is 8.37. The van der Waals surface area contributed by atoms with Crippen LogP contribution in [0.3, 0.4) is 0 Å². The molecule has 0 aliphatic carbocycles. The van der Waals surface area contributed by atoms with Crippen LogP contribution in [0, 0.1) is 0 Å². The van der Waals surface area contributed by atoms with Crippen LogP contribution in [0.1, 0.15) is 0 Å². The maximum Gasteiger partial charge on any atom is 0.156 e. The third kappa shape index (κ3) is 1.75. The molecule has 4 aromatic heterocycles. The van der Waals surface area contributed by atoms with E-state index in [4.69, 9.17) is 0 Å². The van der Waals surface area contributed by atoms with E-state index >= 15 is 0 Å². The lowest BCUT2D eigenvalue weighted by Crippen LogP contribution is -1.97. The second-order valence-corrected chi connectivity index (χ2v) is 7.29. The summed E-state index contributed by atoms with van der Waals surface area (Å²) in [5.74, 6) is 0.809. The number of hydrogen-bond acceptors (Lipinski definition) is 4. The Morgan fingerprint density at radius 2 is 1.73 bits per heavy atom. The van der Waals surface area contributed by atoms with E-state index in [1.54, 1.807) is 18.6 Å². The highest BCUT2D eigenvalue weighted by atomic mass is 32.1. The number of fused-ring (bicyclic) bond motifs is 7. The van der Waals surface area contributed by atoms with Crippen LogP contribution in [0.15, 0.2) is 73.3 Å². The molecule has 2 aromatic carbocycles. The summed E-state index contributed by atoms with van der Waals surface area (Å²) >= 11 is 1.82. The molecule has 0 amide bonds. The molecule has 0 aliphatic rings. The molecule has 0 bridgehead atoms. The zero-order valence-electron chi connectivity index (χ0n) is 13.6. The number of nitrogens with zero attached hydrogens (tertiary/aromatic N) is 4. The molecule has 0 N–H and O–H groups in total. The monoisotopic (exact) mass is 352 g/mol. The minimum Gasteiger partial charge on any atom is -0.290 e. The van der Waals surface area contributed by atoms with E-state index < -0.39 is 0 Å².